The third kappa shape index (κ3) is 1.55. The molecule has 1 aliphatic heterocycles. The molecule has 3 heterocycles. The summed E-state index contributed by atoms with van der Waals surface area (Å²) in [5.74, 6) is 0.803. The van der Waals surface area contributed by atoms with Crippen molar-refractivity contribution in [2.75, 3.05) is 18.4 Å². The number of pyridine rings is 1. The number of halogens is 1. The lowest BCUT2D eigenvalue weighted by molar-refractivity contribution is 0.959. The van der Waals surface area contributed by atoms with Crippen molar-refractivity contribution in [3.8, 4) is 0 Å². The molecular weight excluding hydrogens is 270 g/mol. The van der Waals surface area contributed by atoms with Crippen LogP contribution in [0.15, 0.2) is 27.9 Å². The Bertz CT molecular complexity index is 559. The van der Waals surface area contributed by atoms with Crippen LogP contribution in [0.3, 0.4) is 0 Å². The van der Waals surface area contributed by atoms with E-state index in [9.17, 15) is 0 Å². The summed E-state index contributed by atoms with van der Waals surface area (Å²) in [6.07, 6.45) is 3.66. The number of guanidine groups is 1. The molecule has 0 atom stereocenters. The molecule has 0 aliphatic carbocycles. The zero-order chi connectivity index (χ0) is 11.0. The number of fused-ring (bicyclic) bond motifs is 1. The van der Waals surface area contributed by atoms with Crippen LogP contribution in [0.1, 0.15) is 0 Å². The highest BCUT2D eigenvalue weighted by molar-refractivity contribution is 9.10. The summed E-state index contributed by atoms with van der Waals surface area (Å²) in [4.78, 5) is 11.7. The molecule has 2 aromatic rings. The Hall–Kier alpha value is -1.56. The molecule has 0 amide bonds. The van der Waals surface area contributed by atoms with Crippen molar-refractivity contribution in [2.45, 2.75) is 0 Å². The number of nitrogens with zero attached hydrogens (tertiary/aromatic N) is 2. The maximum atomic E-state index is 4.31. The van der Waals surface area contributed by atoms with Crippen molar-refractivity contribution >= 4 is 38.6 Å². The summed E-state index contributed by atoms with van der Waals surface area (Å²) in [5, 5.41) is 7.42. The van der Waals surface area contributed by atoms with Gasteiger partial charge in [0.15, 0.2) is 5.96 Å². The Morgan fingerprint density at radius 2 is 2.38 bits per heavy atom. The smallest absolute Gasteiger partial charge is 0.195 e. The van der Waals surface area contributed by atoms with Gasteiger partial charge in [0.2, 0.25) is 0 Å². The molecule has 0 radical (unpaired) electrons. The second-order valence-electron chi connectivity index (χ2n) is 3.51. The lowest BCUT2D eigenvalue weighted by Crippen LogP contribution is -2.26. The molecule has 0 saturated carbocycles. The average Bonchev–Trinajstić information content (AvgIpc) is 2.93. The first-order valence-corrected chi connectivity index (χ1v) is 5.81. The van der Waals surface area contributed by atoms with Gasteiger partial charge < -0.3 is 15.6 Å². The third-order valence-electron chi connectivity index (χ3n) is 2.45. The van der Waals surface area contributed by atoms with Crippen molar-refractivity contribution in [2.24, 2.45) is 4.99 Å². The molecule has 0 saturated heterocycles. The Morgan fingerprint density at radius 3 is 3.19 bits per heavy atom. The van der Waals surface area contributed by atoms with Gasteiger partial charge in [-0.15, -0.1) is 0 Å². The highest BCUT2D eigenvalue weighted by atomic mass is 79.9. The van der Waals surface area contributed by atoms with E-state index < -0.39 is 0 Å². The quantitative estimate of drug-likeness (QED) is 0.745. The van der Waals surface area contributed by atoms with Crippen LogP contribution in [-0.4, -0.2) is 29.0 Å². The minimum atomic E-state index is 0.803. The fourth-order valence-corrected chi connectivity index (χ4v) is 2.19. The number of aromatic amines is 1. The second-order valence-corrected chi connectivity index (χ2v) is 4.30. The van der Waals surface area contributed by atoms with Crippen LogP contribution in [0.4, 0.5) is 5.69 Å². The summed E-state index contributed by atoms with van der Waals surface area (Å²) in [5.41, 5.74) is 1.79. The number of hydrogen-bond donors (Lipinski definition) is 3. The van der Waals surface area contributed by atoms with Crippen LogP contribution in [0.5, 0.6) is 0 Å². The minimum Gasteiger partial charge on any atom is -0.354 e. The van der Waals surface area contributed by atoms with E-state index in [2.05, 4.69) is 41.5 Å². The van der Waals surface area contributed by atoms with Gasteiger partial charge in [-0.1, -0.05) is 0 Å². The van der Waals surface area contributed by atoms with Gasteiger partial charge in [0.05, 0.1) is 22.9 Å². The Labute approximate surface area is 100 Å². The molecule has 1 aliphatic rings. The number of aromatic nitrogens is 2. The van der Waals surface area contributed by atoms with Gasteiger partial charge in [0.25, 0.3) is 0 Å². The maximum absolute atomic E-state index is 4.31. The van der Waals surface area contributed by atoms with Crippen molar-refractivity contribution in [3.05, 3.63) is 22.9 Å². The molecule has 0 spiro atoms. The fourth-order valence-electron chi connectivity index (χ4n) is 1.67. The van der Waals surface area contributed by atoms with Crippen molar-refractivity contribution in [1.82, 2.24) is 15.3 Å². The van der Waals surface area contributed by atoms with Crippen LogP contribution in [0.2, 0.25) is 0 Å². The zero-order valence-corrected chi connectivity index (χ0v) is 10.0. The van der Waals surface area contributed by atoms with E-state index in [1.54, 1.807) is 6.20 Å². The lowest BCUT2D eigenvalue weighted by Gasteiger charge is -2.08. The fraction of sp³-hybridized carbons (Fsp3) is 0.200. The van der Waals surface area contributed by atoms with Crippen LogP contribution < -0.4 is 10.6 Å². The number of rotatable bonds is 1. The third-order valence-corrected chi connectivity index (χ3v) is 3.30. The maximum Gasteiger partial charge on any atom is 0.195 e. The predicted octanol–water partition coefficient (Wildman–Crippen LogP) is 1.70. The summed E-state index contributed by atoms with van der Waals surface area (Å²) >= 11 is 3.56. The number of nitrogens with one attached hydrogen (secondary N) is 3. The summed E-state index contributed by atoms with van der Waals surface area (Å²) in [6.45, 7) is 1.71. The predicted molar refractivity (Wildman–Crippen MR) is 67.7 cm³/mol. The van der Waals surface area contributed by atoms with E-state index in [-0.39, 0.29) is 0 Å². The lowest BCUT2D eigenvalue weighted by atomic mass is 10.3. The van der Waals surface area contributed by atoms with E-state index >= 15 is 0 Å². The summed E-state index contributed by atoms with van der Waals surface area (Å²) in [6, 6.07) is 1.99. The molecule has 16 heavy (non-hydrogen) atoms. The Kier molecular flexibility index (Phi) is 2.28. The van der Waals surface area contributed by atoms with Crippen LogP contribution in [0.25, 0.3) is 11.0 Å². The molecule has 3 N–H and O–H groups in total. The molecule has 2 aromatic heterocycles. The first-order valence-electron chi connectivity index (χ1n) is 5.01. The SMILES string of the molecule is Brc1c(NC2=NCCN2)cnc2[nH]ccc12. The van der Waals surface area contributed by atoms with Gasteiger partial charge in [-0.2, -0.15) is 0 Å². The van der Waals surface area contributed by atoms with Gasteiger partial charge in [-0.25, -0.2) is 4.98 Å². The molecule has 0 bridgehead atoms. The minimum absolute atomic E-state index is 0.803. The topological polar surface area (TPSA) is 65.1 Å². The summed E-state index contributed by atoms with van der Waals surface area (Å²) < 4.78 is 0.996. The standard InChI is InChI=1S/C10H10BrN5/c11-8-6-1-2-12-9(6)15-5-7(8)16-10-13-3-4-14-10/h1-2,5H,3-4H2,(H,12,15)(H2,13,14,16). The van der Waals surface area contributed by atoms with Gasteiger partial charge in [0, 0.05) is 18.1 Å². The normalized spacial score (nSPS) is 14.9. The first-order chi connectivity index (χ1) is 7.84. The van der Waals surface area contributed by atoms with Gasteiger partial charge >= 0.3 is 0 Å². The highest BCUT2D eigenvalue weighted by Crippen LogP contribution is 2.29. The molecule has 6 heteroatoms. The largest absolute Gasteiger partial charge is 0.354 e. The monoisotopic (exact) mass is 279 g/mol. The molecule has 5 nitrogen and oxygen atoms in total. The zero-order valence-electron chi connectivity index (χ0n) is 8.42. The highest BCUT2D eigenvalue weighted by Gasteiger charge is 2.10. The second kappa shape index (κ2) is 3.79. The van der Waals surface area contributed by atoms with E-state index in [1.807, 2.05) is 12.3 Å². The van der Waals surface area contributed by atoms with Crippen LogP contribution in [-0.2, 0) is 0 Å². The number of anilines is 1. The molecular formula is C10H10BrN5. The van der Waals surface area contributed by atoms with Gasteiger partial charge in [-0.05, 0) is 22.0 Å². The average molecular weight is 280 g/mol. The molecule has 0 fully saturated rings. The molecule has 82 valence electrons. The molecule has 3 rings (SSSR count). The van der Waals surface area contributed by atoms with Crippen LogP contribution in [0, 0.1) is 0 Å². The number of aliphatic imine (C=N–C) groups is 1. The van der Waals surface area contributed by atoms with E-state index in [4.69, 9.17) is 0 Å². The van der Waals surface area contributed by atoms with Gasteiger partial charge in [0.1, 0.15) is 5.65 Å². The Balaban J connectivity index is 1.99. The molecule has 0 unspecified atom stereocenters. The number of H-pyrrole nitrogens is 1. The Morgan fingerprint density at radius 1 is 1.44 bits per heavy atom. The van der Waals surface area contributed by atoms with Crippen molar-refractivity contribution in [1.29, 1.82) is 0 Å². The molecule has 0 aromatic carbocycles. The van der Waals surface area contributed by atoms with Crippen molar-refractivity contribution < 1.29 is 0 Å². The van der Waals surface area contributed by atoms with E-state index in [0.29, 0.717) is 0 Å². The number of hydrogen-bond acceptors (Lipinski definition) is 4. The van der Waals surface area contributed by atoms with Crippen molar-refractivity contribution in [3.63, 3.8) is 0 Å². The first kappa shape index (κ1) is 9.65. The van der Waals surface area contributed by atoms with Crippen LogP contribution >= 0.6 is 15.9 Å². The van der Waals surface area contributed by atoms with Gasteiger partial charge in [-0.3, -0.25) is 4.99 Å². The summed E-state index contributed by atoms with van der Waals surface area (Å²) in [7, 11) is 0. The van der Waals surface area contributed by atoms with E-state index in [0.717, 1.165) is 40.2 Å². The van der Waals surface area contributed by atoms with E-state index in [1.165, 1.54) is 0 Å².